The van der Waals surface area contributed by atoms with Crippen LogP contribution in [-0.2, 0) is 0 Å². The van der Waals surface area contributed by atoms with Gasteiger partial charge >= 0.3 is 6.36 Å². The Labute approximate surface area is 129 Å². The third-order valence-corrected chi connectivity index (χ3v) is 2.77. The van der Waals surface area contributed by atoms with E-state index in [1.807, 2.05) is 0 Å². The second-order valence-electron chi connectivity index (χ2n) is 4.26. The number of alkyl halides is 3. The van der Waals surface area contributed by atoms with Crippen molar-refractivity contribution >= 4 is 12.4 Å². The molecule has 0 heterocycles. The average molecular weight is 340 g/mol. The maximum Gasteiger partial charge on any atom is 0.573 e. The number of rotatable bonds is 3. The Bertz CT molecular complexity index is 630. The summed E-state index contributed by atoms with van der Waals surface area (Å²) in [7, 11) is 0. The number of halogens is 6. The third-order valence-electron chi connectivity index (χ3n) is 2.77. The van der Waals surface area contributed by atoms with Gasteiger partial charge in [0.2, 0.25) is 0 Å². The van der Waals surface area contributed by atoms with Gasteiger partial charge in [0.05, 0.1) is 6.04 Å². The monoisotopic (exact) mass is 339 g/mol. The lowest BCUT2D eigenvalue weighted by Gasteiger charge is -2.15. The molecule has 0 aliphatic rings. The van der Waals surface area contributed by atoms with Crippen LogP contribution in [0.4, 0.5) is 22.0 Å². The van der Waals surface area contributed by atoms with Crippen molar-refractivity contribution in [3.8, 4) is 5.75 Å². The minimum absolute atomic E-state index is 0. The number of nitrogens with two attached hydrogens (primary N) is 1. The lowest BCUT2D eigenvalue weighted by molar-refractivity contribution is -0.274. The van der Waals surface area contributed by atoms with Gasteiger partial charge in [0.25, 0.3) is 0 Å². The van der Waals surface area contributed by atoms with E-state index in [1.54, 1.807) is 0 Å². The van der Waals surface area contributed by atoms with Crippen LogP contribution in [0.3, 0.4) is 0 Å². The second-order valence-corrected chi connectivity index (χ2v) is 4.26. The van der Waals surface area contributed by atoms with Crippen molar-refractivity contribution < 1.29 is 26.7 Å². The maximum absolute atomic E-state index is 13.6. The lowest BCUT2D eigenvalue weighted by atomic mass is 9.99. The molecule has 0 radical (unpaired) electrons. The average Bonchev–Trinajstić information content (AvgIpc) is 2.37. The zero-order valence-electron chi connectivity index (χ0n) is 10.9. The predicted octanol–water partition coefficient (Wildman–Crippen LogP) is 4.33. The first-order chi connectivity index (χ1) is 9.76. The summed E-state index contributed by atoms with van der Waals surface area (Å²) in [6.07, 6.45) is -4.79. The van der Waals surface area contributed by atoms with Crippen molar-refractivity contribution in [3.63, 3.8) is 0 Å². The lowest BCUT2D eigenvalue weighted by Crippen LogP contribution is -2.17. The molecule has 22 heavy (non-hydrogen) atoms. The molecule has 1 atom stereocenters. The summed E-state index contributed by atoms with van der Waals surface area (Å²) in [6, 6.07) is 6.73. The molecule has 0 saturated carbocycles. The molecule has 0 unspecified atom stereocenters. The molecule has 0 bridgehead atoms. The standard InChI is InChI=1S/C14H10F5NO.ClH/c15-9-3-6-11(12(16)7-9)13(20)8-1-4-10(5-2-8)21-14(17,18)19;/h1-7,13H,20H2;1H/t13-;/m0./s1. The SMILES string of the molecule is Cl.N[C@@H](c1ccc(OC(F)(F)F)cc1)c1ccc(F)cc1F. The summed E-state index contributed by atoms with van der Waals surface area (Å²) in [5.74, 6) is -1.96. The number of hydrogen-bond donors (Lipinski definition) is 1. The van der Waals surface area contributed by atoms with Crippen molar-refractivity contribution in [1.82, 2.24) is 0 Å². The van der Waals surface area contributed by atoms with Crippen LogP contribution in [0.15, 0.2) is 42.5 Å². The van der Waals surface area contributed by atoms with Crippen LogP contribution < -0.4 is 10.5 Å². The van der Waals surface area contributed by atoms with Gasteiger partial charge in [-0.3, -0.25) is 0 Å². The first kappa shape index (κ1) is 18.2. The molecule has 2 N–H and O–H groups in total. The van der Waals surface area contributed by atoms with Crippen LogP contribution in [0.25, 0.3) is 0 Å². The van der Waals surface area contributed by atoms with E-state index in [0.29, 0.717) is 11.6 Å². The summed E-state index contributed by atoms with van der Waals surface area (Å²) in [5, 5.41) is 0. The topological polar surface area (TPSA) is 35.2 Å². The first-order valence-electron chi connectivity index (χ1n) is 5.82. The number of ether oxygens (including phenoxy) is 1. The van der Waals surface area contributed by atoms with E-state index in [2.05, 4.69) is 4.74 Å². The van der Waals surface area contributed by atoms with E-state index >= 15 is 0 Å². The van der Waals surface area contributed by atoms with Crippen LogP contribution in [-0.4, -0.2) is 6.36 Å². The molecule has 2 aromatic carbocycles. The van der Waals surface area contributed by atoms with Crippen molar-refractivity contribution in [2.45, 2.75) is 12.4 Å². The molecule has 2 aromatic rings. The van der Waals surface area contributed by atoms with E-state index in [4.69, 9.17) is 5.73 Å². The Kier molecular flexibility index (Phi) is 5.73. The predicted molar refractivity (Wildman–Crippen MR) is 72.8 cm³/mol. The van der Waals surface area contributed by atoms with Crippen LogP contribution in [0.5, 0.6) is 5.75 Å². The quantitative estimate of drug-likeness (QED) is 0.845. The van der Waals surface area contributed by atoms with Crippen molar-refractivity contribution in [1.29, 1.82) is 0 Å². The second kappa shape index (κ2) is 6.93. The van der Waals surface area contributed by atoms with Gasteiger partial charge in [-0.2, -0.15) is 0 Å². The highest BCUT2D eigenvalue weighted by Crippen LogP contribution is 2.27. The number of benzene rings is 2. The van der Waals surface area contributed by atoms with Crippen LogP contribution >= 0.6 is 12.4 Å². The van der Waals surface area contributed by atoms with E-state index in [0.717, 1.165) is 18.2 Å². The molecule has 120 valence electrons. The molecular formula is C14H11ClF5NO. The van der Waals surface area contributed by atoms with Crippen molar-refractivity contribution in [2.24, 2.45) is 5.73 Å². The van der Waals surface area contributed by atoms with Gasteiger partial charge in [-0.1, -0.05) is 18.2 Å². The molecule has 0 aliphatic heterocycles. The zero-order valence-corrected chi connectivity index (χ0v) is 11.7. The Morgan fingerprint density at radius 1 is 0.955 bits per heavy atom. The summed E-state index contributed by atoms with van der Waals surface area (Å²) in [4.78, 5) is 0. The van der Waals surface area contributed by atoms with Crippen LogP contribution in [0.1, 0.15) is 17.2 Å². The summed E-state index contributed by atoms with van der Waals surface area (Å²) in [6.45, 7) is 0. The van der Waals surface area contributed by atoms with E-state index in [9.17, 15) is 22.0 Å². The molecule has 0 aromatic heterocycles. The van der Waals surface area contributed by atoms with Crippen molar-refractivity contribution in [2.75, 3.05) is 0 Å². The van der Waals surface area contributed by atoms with Gasteiger partial charge in [0.15, 0.2) is 0 Å². The van der Waals surface area contributed by atoms with E-state index in [1.165, 1.54) is 18.2 Å². The fourth-order valence-corrected chi connectivity index (χ4v) is 1.81. The molecule has 0 aliphatic carbocycles. The highest BCUT2D eigenvalue weighted by Gasteiger charge is 2.31. The molecule has 2 rings (SSSR count). The van der Waals surface area contributed by atoms with Gasteiger partial charge in [-0.15, -0.1) is 25.6 Å². The highest BCUT2D eigenvalue weighted by atomic mass is 35.5. The molecule has 0 amide bonds. The number of hydrogen-bond acceptors (Lipinski definition) is 2. The third kappa shape index (κ3) is 4.57. The van der Waals surface area contributed by atoms with Gasteiger partial charge in [0.1, 0.15) is 17.4 Å². The Hall–Kier alpha value is -1.86. The highest BCUT2D eigenvalue weighted by molar-refractivity contribution is 5.85. The Morgan fingerprint density at radius 3 is 2.05 bits per heavy atom. The zero-order chi connectivity index (χ0) is 15.6. The van der Waals surface area contributed by atoms with E-state index in [-0.39, 0.29) is 18.0 Å². The Morgan fingerprint density at radius 2 is 1.55 bits per heavy atom. The minimum atomic E-state index is -4.79. The van der Waals surface area contributed by atoms with Gasteiger partial charge in [-0.25, -0.2) is 8.78 Å². The van der Waals surface area contributed by atoms with Gasteiger partial charge in [-0.05, 0) is 23.8 Å². The van der Waals surface area contributed by atoms with Gasteiger partial charge in [0, 0.05) is 11.6 Å². The van der Waals surface area contributed by atoms with Crippen molar-refractivity contribution in [3.05, 3.63) is 65.2 Å². The molecule has 0 saturated heterocycles. The molecule has 0 spiro atoms. The minimum Gasteiger partial charge on any atom is -0.406 e. The Balaban J connectivity index is 0.00000242. The maximum atomic E-state index is 13.6. The van der Waals surface area contributed by atoms with Gasteiger partial charge < -0.3 is 10.5 Å². The summed E-state index contributed by atoms with van der Waals surface area (Å²) in [5.41, 5.74) is 6.23. The fourth-order valence-electron chi connectivity index (χ4n) is 1.81. The first-order valence-corrected chi connectivity index (χ1v) is 5.82. The summed E-state index contributed by atoms with van der Waals surface area (Å²) < 4.78 is 66.2. The molecular weight excluding hydrogens is 329 g/mol. The normalized spacial score (nSPS) is 12.5. The summed E-state index contributed by atoms with van der Waals surface area (Å²) >= 11 is 0. The molecule has 8 heteroatoms. The van der Waals surface area contributed by atoms with Crippen LogP contribution in [0, 0.1) is 11.6 Å². The van der Waals surface area contributed by atoms with Crippen LogP contribution in [0.2, 0.25) is 0 Å². The van der Waals surface area contributed by atoms with E-state index < -0.39 is 29.8 Å². The molecule has 2 nitrogen and oxygen atoms in total. The fraction of sp³-hybridized carbons (Fsp3) is 0.143. The largest absolute Gasteiger partial charge is 0.573 e. The molecule has 0 fully saturated rings. The smallest absolute Gasteiger partial charge is 0.406 e.